The molecule has 1 amide bonds. The summed E-state index contributed by atoms with van der Waals surface area (Å²) in [6.45, 7) is 9.16. The molecule has 0 heterocycles. The number of carbonyl (C=O) groups excluding carboxylic acids is 3. The molecule has 0 fully saturated rings. The summed E-state index contributed by atoms with van der Waals surface area (Å²) < 4.78 is 10.3. The molecule has 0 radical (unpaired) electrons. The molecule has 0 aromatic carbocycles. The second-order valence-corrected chi connectivity index (χ2v) is 7.32. The molecule has 8 heteroatoms. The van der Waals surface area contributed by atoms with E-state index in [0.717, 1.165) is 4.90 Å². The summed E-state index contributed by atoms with van der Waals surface area (Å²) in [6, 6.07) is 0. The standard InChI is InChI=1S/C16H27NO7/c1-15(2,3)23-13(21)9-17(11(18)7-8-12(19)20)10-14(22)24-16(4,5)6/h7-10H2,1-6H3,(H,19,20). The number of carboxylic acids is 1. The number of nitrogens with zero attached hydrogens (tertiary/aromatic N) is 1. The van der Waals surface area contributed by atoms with Crippen LogP contribution in [0.3, 0.4) is 0 Å². The summed E-state index contributed by atoms with van der Waals surface area (Å²) in [4.78, 5) is 47.4. The molecule has 8 nitrogen and oxygen atoms in total. The van der Waals surface area contributed by atoms with Crippen LogP contribution < -0.4 is 0 Å². The first-order valence-electron chi connectivity index (χ1n) is 7.63. The molecule has 0 bridgehead atoms. The van der Waals surface area contributed by atoms with Crippen LogP contribution in [0.15, 0.2) is 0 Å². The van der Waals surface area contributed by atoms with Crippen LogP contribution in [0.25, 0.3) is 0 Å². The smallest absolute Gasteiger partial charge is 0.326 e. The van der Waals surface area contributed by atoms with Crippen molar-refractivity contribution in [2.24, 2.45) is 0 Å². The Labute approximate surface area is 142 Å². The van der Waals surface area contributed by atoms with Crippen LogP contribution in [0, 0.1) is 0 Å². The zero-order valence-electron chi connectivity index (χ0n) is 15.2. The number of hydrogen-bond donors (Lipinski definition) is 1. The summed E-state index contributed by atoms with van der Waals surface area (Å²) in [7, 11) is 0. The number of carbonyl (C=O) groups is 4. The van der Waals surface area contributed by atoms with Gasteiger partial charge in [-0.25, -0.2) is 0 Å². The molecule has 0 rings (SSSR count). The molecule has 0 atom stereocenters. The molecule has 1 N–H and O–H groups in total. The van der Waals surface area contributed by atoms with Crippen molar-refractivity contribution in [3.8, 4) is 0 Å². The first-order valence-corrected chi connectivity index (χ1v) is 7.63. The predicted octanol–water partition coefficient (Wildman–Crippen LogP) is 1.36. The minimum Gasteiger partial charge on any atom is -0.481 e. The van der Waals surface area contributed by atoms with Gasteiger partial charge in [-0.15, -0.1) is 0 Å². The molecule has 0 aromatic heterocycles. The number of hydrogen-bond acceptors (Lipinski definition) is 6. The van der Waals surface area contributed by atoms with E-state index < -0.39 is 54.5 Å². The summed E-state index contributed by atoms with van der Waals surface area (Å²) in [5.74, 6) is -3.14. The summed E-state index contributed by atoms with van der Waals surface area (Å²) in [5, 5.41) is 8.66. The number of amides is 1. The van der Waals surface area contributed by atoms with Crippen LogP contribution in [0.4, 0.5) is 0 Å². The van der Waals surface area contributed by atoms with E-state index in [0.29, 0.717) is 0 Å². The number of ether oxygens (including phenoxy) is 2. The average Bonchev–Trinajstić information content (AvgIpc) is 2.30. The van der Waals surface area contributed by atoms with Gasteiger partial charge >= 0.3 is 17.9 Å². The molecule has 0 saturated heterocycles. The van der Waals surface area contributed by atoms with Crippen LogP contribution >= 0.6 is 0 Å². The highest BCUT2D eigenvalue weighted by atomic mass is 16.6. The Kier molecular flexibility index (Phi) is 7.89. The van der Waals surface area contributed by atoms with Crippen molar-refractivity contribution in [3.05, 3.63) is 0 Å². The highest BCUT2D eigenvalue weighted by molar-refractivity contribution is 5.87. The van der Waals surface area contributed by atoms with Gasteiger partial charge in [0.2, 0.25) is 5.91 Å². The lowest BCUT2D eigenvalue weighted by molar-refractivity contribution is -0.163. The molecule has 0 unspecified atom stereocenters. The first kappa shape index (κ1) is 21.9. The van der Waals surface area contributed by atoms with Gasteiger partial charge in [0.25, 0.3) is 0 Å². The van der Waals surface area contributed by atoms with E-state index in [4.69, 9.17) is 14.6 Å². The molecular weight excluding hydrogens is 318 g/mol. The third kappa shape index (κ3) is 11.4. The topological polar surface area (TPSA) is 110 Å². The van der Waals surface area contributed by atoms with E-state index in [9.17, 15) is 19.2 Å². The van der Waals surface area contributed by atoms with Crippen molar-refractivity contribution in [1.29, 1.82) is 0 Å². The fourth-order valence-electron chi connectivity index (χ4n) is 1.66. The molecule has 138 valence electrons. The zero-order valence-corrected chi connectivity index (χ0v) is 15.2. The molecule has 24 heavy (non-hydrogen) atoms. The van der Waals surface area contributed by atoms with Crippen LogP contribution in [0.1, 0.15) is 54.4 Å². The van der Waals surface area contributed by atoms with E-state index in [2.05, 4.69) is 0 Å². The molecule has 0 spiro atoms. The molecule has 0 aliphatic carbocycles. The van der Waals surface area contributed by atoms with Crippen molar-refractivity contribution >= 4 is 23.8 Å². The number of esters is 2. The van der Waals surface area contributed by atoms with Crippen molar-refractivity contribution < 1.29 is 33.8 Å². The molecular formula is C16H27NO7. The van der Waals surface area contributed by atoms with Crippen molar-refractivity contribution in [1.82, 2.24) is 4.90 Å². The lowest BCUT2D eigenvalue weighted by Crippen LogP contribution is -2.43. The van der Waals surface area contributed by atoms with Gasteiger partial charge in [0, 0.05) is 6.42 Å². The Morgan fingerprint density at radius 2 is 1.17 bits per heavy atom. The fourth-order valence-corrected chi connectivity index (χ4v) is 1.66. The van der Waals surface area contributed by atoms with Gasteiger partial charge in [-0.1, -0.05) is 0 Å². The Bertz CT molecular complexity index is 456. The molecule has 0 aliphatic rings. The number of carboxylic acid groups (broad SMARTS) is 1. The van der Waals surface area contributed by atoms with E-state index in [-0.39, 0.29) is 6.42 Å². The van der Waals surface area contributed by atoms with Crippen LogP contribution in [0.2, 0.25) is 0 Å². The quantitative estimate of drug-likeness (QED) is 0.694. The molecule has 0 aliphatic heterocycles. The Morgan fingerprint density at radius 3 is 1.46 bits per heavy atom. The van der Waals surface area contributed by atoms with Gasteiger partial charge in [0.15, 0.2) is 0 Å². The molecule has 0 aromatic rings. The first-order chi connectivity index (χ1) is 10.7. The Hall–Kier alpha value is -2.12. The van der Waals surface area contributed by atoms with E-state index in [1.54, 1.807) is 41.5 Å². The van der Waals surface area contributed by atoms with Gasteiger partial charge < -0.3 is 19.5 Å². The summed E-state index contributed by atoms with van der Waals surface area (Å²) in [6.07, 6.45) is -0.709. The minimum absolute atomic E-state index is 0.319. The van der Waals surface area contributed by atoms with Crippen molar-refractivity contribution in [3.63, 3.8) is 0 Å². The number of rotatable bonds is 7. The monoisotopic (exact) mass is 345 g/mol. The maximum absolute atomic E-state index is 12.1. The Morgan fingerprint density at radius 1 is 0.792 bits per heavy atom. The normalized spacial score (nSPS) is 11.6. The van der Waals surface area contributed by atoms with E-state index in [1.807, 2.05) is 0 Å². The third-order valence-corrected chi connectivity index (χ3v) is 2.39. The predicted molar refractivity (Wildman–Crippen MR) is 85.1 cm³/mol. The van der Waals surface area contributed by atoms with Crippen molar-refractivity contribution in [2.45, 2.75) is 65.6 Å². The van der Waals surface area contributed by atoms with Crippen LogP contribution in [-0.2, 0) is 28.7 Å². The second-order valence-electron chi connectivity index (χ2n) is 7.32. The SMILES string of the molecule is CC(C)(C)OC(=O)CN(CC(=O)OC(C)(C)C)C(=O)CCC(=O)O. The van der Waals surface area contributed by atoms with Gasteiger partial charge in [-0.3, -0.25) is 19.2 Å². The lowest BCUT2D eigenvalue weighted by Gasteiger charge is -2.26. The van der Waals surface area contributed by atoms with Gasteiger partial charge in [-0.05, 0) is 41.5 Å². The van der Waals surface area contributed by atoms with Crippen molar-refractivity contribution in [2.75, 3.05) is 13.1 Å². The summed E-state index contributed by atoms with van der Waals surface area (Å²) >= 11 is 0. The minimum atomic E-state index is -1.14. The maximum atomic E-state index is 12.1. The number of aliphatic carboxylic acids is 1. The van der Waals surface area contributed by atoms with Gasteiger partial charge in [0.1, 0.15) is 24.3 Å². The van der Waals surface area contributed by atoms with Gasteiger partial charge in [-0.2, -0.15) is 0 Å². The lowest BCUT2D eigenvalue weighted by atomic mass is 10.2. The largest absolute Gasteiger partial charge is 0.481 e. The fraction of sp³-hybridized carbons (Fsp3) is 0.750. The second kappa shape index (κ2) is 8.65. The maximum Gasteiger partial charge on any atom is 0.326 e. The van der Waals surface area contributed by atoms with E-state index >= 15 is 0 Å². The highest BCUT2D eigenvalue weighted by Crippen LogP contribution is 2.10. The van der Waals surface area contributed by atoms with Crippen LogP contribution in [-0.4, -0.2) is 58.1 Å². The van der Waals surface area contributed by atoms with Gasteiger partial charge in [0.05, 0.1) is 6.42 Å². The summed E-state index contributed by atoms with van der Waals surface area (Å²) in [5.41, 5.74) is -1.47. The zero-order chi connectivity index (χ0) is 19.1. The molecule has 0 saturated carbocycles. The third-order valence-electron chi connectivity index (χ3n) is 2.39. The highest BCUT2D eigenvalue weighted by Gasteiger charge is 2.26. The Balaban J connectivity index is 4.94. The van der Waals surface area contributed by atoms with E-state index in [1.165, 1.54) is 0 Å². The van der Waals surface area contributed by atoms with Crippen LogP contribution in [0.5, 0.6) is 0 Å². The average molecular weight is 345 g/mol.